The van der Waals surface area contributed by atoms with E-state index in [1.54, 1.807) is 6.07 Å². The molecule has 2 amide bonds. The number of pyridine rings is 2. The SMILES string of the molecule is O=C(Nc1cc(OC[C@H](O)CO)ccn1)N1c2nc(-c3cccc(C(F)(F)F)c3)c(Cl)cc2N2CCC1C2. The van der Waals surface area contributed by atoms with Gasteiger partial charge in [-0.2, -0.15) is 13.2 Å². The van der Waals surface area contributed by atoms with Gasteiger partial charge in [-0.25, -0.2) is 14.8 Å². The monoisotopic (exact) mass is 549 g/mol. The zero-order chi connectivity index (χ0) is 27.0. The molecule has 13 heteroatoms. The van der Waals surface area contributed by atoms with Gasteiger partial charge in [0.1, 0.15) is 24.3 Å². The second-order valence-corrected chi connectivity index (χ2v) is 9.36. The highest BCUT2D eigenvalue weighted by molar-refractivity contribution is 6.33. The Morgan fingerprint density at radius 1 is 1.26 bits per heavy atom. The lowest BCUT2D eigenvalue weighted by molar-refractivity contribution is -0.137. The van der Waals surface area contributed by atoms with Gasteiger partial charge in [-0.3, -0.25) is 10.2 Å². The molecule has 1 fully saturated rings. The molecule has 5 rings (SSSR count). The average molecular weight is 550 g/mol. The van der Waals surface area contributed by atoms with E-state index < -0.39 is 30.5 Å². The van der Waals surface area contributed by atoms with Gasteiger partial charge in [0, 0.05) is 30.9 Å². The number of hydrogen-bond acceptors (Lipinski definition) is 7. The second-order valence-electron chi connectivity index (χ2n) is 8.95. The van der Waals surface area contributed by atoms with E-state index in [0.717, 1.165) is 12.1 Å². The number of rotatable bonds is 6. The Morgan fingerprint density at radius 2 is 2.08 bits per heavy atom. The molecule has 2 atom stereocenters. The molecular formula is C25H23ClF3N5O4. The number of anilines is 3. The van der Waals surface area contributed by atoms with Crippen molar-refractivity contribution in [3.63, 3.8) is 0 Å². The van der Waals surface area contributed by atoms with E-state index in [0.29, 0.717) is 30.9 Å². The number of nitrogens with zero attached hydrogens (tertiary/aromatic N) is 4. The molecule has 200 valence electrons. The molecule has 1 aromatic carbocycles. The van der Waals surface area contributed by atoms with Gasteiger partial charge in [0.05, 0.1) is 34.6 Å². The molecule has 1 saturated heterocycles. The van der Waals surface area contributed by atoms with Crippen molar-refractivity contribution in [3.8, 4) is 17.0 Å². The van der Waals surface area contributed by atoms with Crippen LogP contribution in [0.25, 0.3) is 11.3 Å². The van der Waals surface area contributed by atoms with Gasteiger partial charge in [0.15, 0.2) is 5.82 Å². The highest BCUT2D eigenvalue weighted by Gasteiger charge is 2.41. The minimum atomic E-state index is -4.53. The van der Waals surface area contributed by atoms with Crippen LogP contribution in [-0.4, -0.2) is 64.7 Å². The van der Waals surface area contributed by atoms with Gasteiger partial charge in [0.2, 0.25) is 0 Å². The number of aliphatic hydroxyl groups is 2. The fourth-order valence-electron chi connectivity index (χ4n) is 4.52. The van der Waals surface area contributed by atoms with Gasteiger partial charge in [0.25, 0.3) is 0 Å². The minimum Gasteiger partial charge on any atom is -0.491 e. The van der Waals surface area contributed by atoms with E-state index in [1.807, 2.05) is 4.90 Å². The normalized spacial score (nSPS) is 17.3. The Balaban J connectivity index is 1.46. The molecule has 0 spiro atoms. The van der Waals surface area contributed by atoms with Crippen LogP contribution in [0.4, 0.5) is 35.3 Å². The summed E-state index contributed by atoms with van der Waals surface area (Å²) in [7, 11) is 0. The molecule has 2 aliphatic heterocycles. The smallest absolute Gasteiger partial charge is 0.416 e. The Bertz CT molecular complexity index is 1360. The summed E-state index contributed by atoms with van der Waals surface area (Å²) >= 11 is 6.49. The van der Waals surface area contributed by atoms with Gasteiger partial charge in [-0.15, -0.1) is 0 Å². The first kappa shape index (κ1) is 26.0. The number of aliphatic hydroxyl groups excluding tert-OH is 2. The lowest BCUT2D eigenvalue weighted by atomic mass is 10.1. The van der Waals surface area contributed by atoms with Gasteiger partial charge >= 0.3 is 12.2 Å². The summed E-state index contributed by atoms with van der Waals surface area (Å²) < 4.78 is 45.4. The molecule has 38 heavy (non-hydrogen) atoms. The molecule has 3 aromatic rings. The number of aromatic nitrogens is 2. The fourth-order valence-corrected chi connectivity index (χ4v) is 4.77. The van der Waals surface area contributed by atoms with Gasteiger partial charge < -0.3 is 19.8 Å². The maximum absolute atomic E-state index is 13.5. The quantitative estimate of drug-likeness (QED) is 0.423. The molecule has 2 bridgehead atoms. The van der Waals surface area contributed by atoms with Crippen molar-refractivity contribution in [1.29, 1.82) is 0 Å². The van der Waals surface area contributed by atoms with Crippen LogP contribution in [-0.2, 0) is 6.18 Å². The van der Waals surface area contributed by atoms with Crippen molar-refractivity contribution in [1.82, 2.24) is 9.97 Å². The first-order valence-corrected chi connectivity index (χ1v) is 12.1. The fraction of sp³-hybridized carbons (Fsp3) is 0.320. The number of carbonyl (C=O) groups is 1. The van der Waals surface area contributed by atoms with Crippen LogP contribution < -0.4 is 19.9 Å². The summed E-state index contributed by atoms with van der Waals surface area (Å²) in [6.07, 6.45) is -3.51. The zero-order valence-corrected chi connectivity index (χ0v) is 20.6. The molecule has 3 N–H and O–H groups in total. The van der Waals surface area contributed by atoms with Crippen molar-refractivity contribution >= 4 is 35.0 Å². The Kier molecular flexibility index (Phi) is 7.03. The minimum absolute atomic E-state index is 0.132. The number of hydrogen-bond donors (Lipinski definition) is 3. The summed E-state index contributed by atoms with van der Waals surface area (Å²) in [5.74, 6) is 0.789. The van der Waals surface area contributed by atoms with Crippen LogP contribution in [0.2, 0.25) is 5.02 Å². The number of halogens is 4. The van der Waals surface area contributed by atoms with Crippen molar-refractivity contribution in [3.05, 3.63) is 59.2 Å². The molecule has 0 aliphatic carbocycles. The van der Waals surface area contributed by atoms with Crippen LogP contribution in [0, 0.1) is 0 Å². The Labute approximate surface area is 220 Å². The molecule has 9 nitrogen and oxygen atoms in total. The number of ether oxygens (including phenoxy) is 1. The van der Waals surface area contributed by atoms with E-state index in [2.05, 4.69) is 15.3 Å². The van der Waals surface area contributed by atoms with Crippen LogP contribution in [0.5, 0.6) is 5.75 Å². The van der Waals surface area contributed by atoms with Gasteiger partial charge in [-0.1, -0.05) is 23.7 Å². The molecule has 4 heterocycles. The molecular weight excluding hydrogens is 527 g/mol. The lowest BCUT2D eigenvalue weighted by Crippen LogP contribution is -2.48. The molecule has 0 saturated carbocycles. The predicted molar refractivity (Wildman–Crippen MR) is 135 cm³/mol. The van der Waals surface area contributed by atoms with E-state index in [4.69, 9.17) is 21.4 Å². The second kappa shape index (κ2) is 10.3. The molecule has 1 unspecified atom stereocenters. The summed E-state index contributed by atoms with van der Waals surface area (Å²) in [6, 6.07) is 8.61. The lowest BCUT2D eigenvalue weighted by Gasteiger charge is -2.36. The number of nitrogens with one attached hydrogen (secondary N) is 1. The molecule has 0 radical (unpaired) electrons. The van der Waals surface area contributed by atoms with Gasteiger partial charge in [-0.05, 0) is 30.7 Å². The van der Waals surface area contributed by atoms with Crippen molar-refractivity contribution in [2.45, 2.75) is 24.7 Å². The summed E-state index contributed by atoms with van der Waals surface area (Å²) in [6.45, 7) is 0.614. The topological polar surface area (TPSA) is 111 Å². The van der Waals surface area contributed by atoms with Crippen LogP contribution in [0.1, 0.15) is 12.0 Å². The number of benzene rings is 1. The number of carbonyl (C=O) groups excluding carboxylic acids is 1. The summed E-state index contributed by atoms with van der Waals surface area (Å²) in [4.78, 5) is 25.7. The maximum Gasteiger partial charge on any atom is 0.416 e. The number of amides is 2. The number of alkyl halides is 3. The Morgan fingerprint density at radius 3 is 2.84 bits per heavy atom. The Hall–Kier alpha value is -3.61. The number of urea groups is 1. The third-order valence-corrected chi connectivity index (χ3v) is 6.62. The van der Waals surface area contributed by atoms with Crippen LogP contribution in [0.3, 0.4) is 0 Å². The van der Waals surface area contributed by atoms with Crippen molar-refractivity contribution < 1.29 is 32.9 Å². The zero-order valence-electron chi connectivity index (χ0n) is 19.8. The van der Waals surface area contributed by atoms with E-state index >= 15 is 0 Å². The van der Waals surface area contributed by atoms with Crippen LogP contribution >= 0.6 is 11.6 Å². The maximum atomic E-state index is 13.5. The van der Waals surface area contributed by atoms with Crippen molar-refractivity contribution in [2.75, 3.05) is 41.4 Å². The standard InChI is InChI=1S/C25H23ClF3N5O4/c26-19-10-20-23(32-22(19)14-2-1-3-15(8-14)25(27,28)29)34(16-5-7-33(20)11-16)24(37)31-21-9-18(4-6-30-21)38-13-17(36)12-35/h1-4,6,8-10,16-17,35-36H,5,7,11-13H2,(H,30,31,37)/t16?,17-/m1/s1. The molecule has 2 aliphatic rings. The number of fused-ring (bicyclic) bond motifs is 4. The van der Waals surface area contributed by atoms with E-state index in [1.165, 1.54) is 35.4 Å². The van der Waals surface area contributed by atoms with E-state index in [9.17, 15) is 23.1 Å². The van der Waals surface area contributed by atoms with E-state index in [-0.39, 0.29) is 40.6 Å². The highest BCUT2D eigenvalue weighted by atomic mass is 35.5. The average Bonchev–Trinajstić information content (AvgIpc) is 3.31. The third kappa shape index (κ3) is 5.19. The predicted octanol–water partition coefficient (Wildman–Crippen LogP) is 4.18. The summed E-state index contributed by atoms with van der Waals surface area (Å²) in [5, 5.41) is 21.3. The first-order chi connectivity index (χ1) is 18.1. The van der Waals surface area contributed by atoms with Crippen LogP contribution in [0.15, 0.2) is 48.7 Å². The molecule has 2 aromatic heterocycles. The first-order valence-electron chi connectivity index (χ1n) is 11.7. The largest absolute Gasteiger partial charge is 0.491 e. The van der Waals surface area contributed by atoms with Crippen molar-refractivity contribution in [2.24, 2.45) is 0 Å². The third-order valence-electron chi connectivity index (χ3n) is 6.34. The highest BCUT2D eigenvalue weighted by Crippen LogP contribution is 2.43. The summed E-state index contributed by atoms with van der Waals surface area (Å²) in [5.41, 5.74) is 0.0895.